The molecule has 0 unspecified atom stereocenters. The minimum Gasteiger partial charge on any atom is -0.495 e. The van der Waals surface area contributed by atoms with Crippen LogP contribution in [0.4, 0.5) is 0 Å². The number of allylic oxidation sites excluding steroid dienone is 6. The molecule has 0 bridgehead atoms. The molecule has 10 nitrogen and oxygen atoms in total. The third-order valence-electron chi connectivity index (χ3n) is 13.0. The summed E-state index contributed by atoms with van der Waals surface area (Å²) in [6.45, 7) is 8.43. The molecular weight excluding hydrogens is 1020 g/mol. The van der Waals surface area contributed by atoms with Crippen LogP contribution in [0.1, 0.15) is 80.4 Å². The van der Waals surface area contributed by atoms with E-state index in [2.05, 4.69) is 39.8 Å². The number of thiophene rings is 6. The Balaban J connectivity index is 0.920. The summed E-state index contributed by atoms with van der Waals surface area (Å²) in [4.78, 5) is 36.9. The van der Waals surface area contributed by atoms with Gasteiger partial charge in [0.2, 0.25) is 0 Å². The lowest BCUT2D eigenvalue weighted by molar-refractivity contribution is 0.103. The number of ketones is 2. The Morgan fingerprint density at radius 1 is 0.514 bits per heavy atom. The number of Topliss-reactive ketones (excluding diaryl/α,β-unsaturated/α-hetero) is 2. The molecule has 8 heterocycles. The molecule has 2 aliphatic carbocycles. The first-order valence-corrected chi connectivity index (χ1v) is 27.1. The Morgan fingerprint density at radius 3 is 1.25 bits per heavy atom. The smallest absolute Gasteiger partial charge is 0.194 e. The molecule has 0 amide bonds. The van der Waals surface area contributed by atoms with Gasteiger partial charge in [0.15, 0.2) is 11.6 Å². The fraction of sp³-hybridized carbons (Fsp3) is 0.143. The maximum absolute atomic E-state index is 13.7. The molecule has 8 aromatic rings. The number of carbonyl (C=O) groups is 2. The summed E-state index contributed by atoms with van der Waals surface area (Å²) in [5.41, 5.74) is 3.95. The molecule has 0 fully saturated rings. The van der Waals surface area contributed by atoms with Crippen LogP contribution in [0.5, 0.6) is 23.0 Å². The molecule has 0 radical (unpaired) electrons. The molecule has 0 N–H and O–H groups in total. The van der Waals surface area contributed by atoms with Crippen molar-refractivity contribution in [2.75, 3.05) is 14.2 Å². The van der Waals surface area contributed by atoms with E-state index >= 15 is 0 Å². The van der Waals surface area contributed by atoms with Gasteiger partial charge < -0.3 is 18.9 Å². The SMILES string of the molecule is COc1cc(/C=C2\C(=O)c3ccccc3C2=C(C#N)C#N)sc1-c1cc2c(s1)-c1sc3c4c(sc3c1C(C)(C)O2)-c1sc(-c2sc(/C=C3\C(=O)c5ccccc5C3=C(C#N)C#N)cc2OC)cc1OC4(C)C. The van der Waals surface area contributed by atoms with Gasteiger partial charge in [-0.3, -0.25) is 9.59 Å². The van der Waals surface area contributed by atoms with Crippen molar-refractivity contribution in [2.45, 2.75) is 38.9 Å². The highest BCUT2D eigenvalue weighted by Crippen LogP contribution is 2.64. The normalized spacial score (nSPS) is 16.4. The Morgan fingerprint density at radius 2 is 0.889 bits per heavy atom. The fourth-order valence-corrected chi connectivity index (χ4v) is 18.3. The number of hydrogen-bond donors (Lipinski definition) is 0. The van der Waals surface area contributed by atoms with Crippen LogP contribution in [0, 0.1) is 45.3 Å². The highest BCUT2D eigenvalue weighted by molar-refractivity contribution is 7.35. The van der Waals surface area contributed by atoms with Crippen LogP contribution >= 0.6 is 68.0 Å². The quantitative estimate of drug-likeness (QED) is 0.115. The summed E-state index contributed by atoms with van der Waals surface area (Å²) >= 11 is 9.69. The van der Waals surface area contributed by atoms with E-state index in [1.807, 2.05) is 36.4 Å². The van der Waals surface area contributed by atoms with Crippen LogP contribution in [-0.2, 0) is 11.2 Å². The second-order valence-corrected chi connectivity index (χ2v) is 24.3. The van der Waals surface area contributed by atoms with Crippen molar-refractivity contribution in [3.8, 4) is 86.3 Å². The molecule has 6 aromatic heterocycles. The first-order valence-electron chi connectivity index (χ1n) is 22.2. The molecule has 0 saturated heterocycles. The maximum atomic E-state index is 13.7. The predicted octanol–water partition coefficient (Wildman–Crippen LogP) is 15.3. The van der Waals surface area contributed by atoms with Crippen LogP contribution in [-0.4, -0.2) is 25.8 Å². The van der Waals surface area contributed by atoms with Crippen molar-refractivity contribution < 1.29 is 28.5 Å². The van der Waals surface area contributed by atoms with Crippen molar-refractivity contribution in [2.24, 2.45) is 0 Å². The number of benzene rings is 2. The van der Waals surface area contributed by atoms with Crippen LogP contribution in [0.15, 0.2) is 95.1 Å². The largest absolute Gasteiger partial charge is 0.495 e. The van der Waals surface area contributed by atoms with Crippen molar-refractivity contribution in [3.63, 3.8) is 0 Å². The first kappa shape index (κ1) is 45.5. The van der Waals surface area contributed by atoms with E-state index in [1.54, 1.807) is 120 Å². The zero-order chi connectivity index (χ0) is 50.1. The van der Waals surface area contributed by atoms with Crippen LogP contribution in [0.3, 0.4) is 0 Å². The van der Waals surface area contributed by atoms with Gasteiger partial charge in [0, 0.05) is 66.4 Å². The number of nitriles is 4. The summed E-state index contributed by atoms with van der Waals surface area (Å²) in [6.07, 6.45) is 3.50. The molecule has 12 rings (SSSR count). The Kier molecular flexibility index (Phi) is 10.4. The average Bonchev–Trinajstić information content (AvgIpc) is 4.25. The molecule has 16 heteroatoms. The van der Waals surface area contributed by atoms with E-state index in [4.69, 9.17) is 18.9 Å². The van der Waals surface area contributed by atoms with E-state index in [1.165, 1.54) is 22.7 Å². The van der Waals surface area contributed by atoms with Crippen molar-refractivity contribution in [3.05, 3.63) is 138 Å². The minimum absolute atomic E-state index is 0.116. The lowest BCUT2D eigenvalue weighted by Gasteiger charge is -2.31. The Labute approximate surface area is 436 Å². The van der Waals surface area contributed by atoms with E-state index in [-0.39, 0.29) is 22.7 Å². The van der Waals surface area contributed by atoms with Crippen LogP contribution < -0.4 is 18.9 Å². The fourth-order valence-electron chi connectivity index (χ4n) is 9.99. The standard InChI is InChI=1S/C56H32N4O6S6/c1-55(2)43-51(49-37(65-55)19-39(69-49)47-35(63-5)17-27(67-47)15-33-41(25(21-57)22-58)29-11-7-9-13-31(29)45(33)61)71-54-44-52(72-53(43)54)50-38(66-56(44,3)4)20-40(70-50)48-36(64-6)18-28(68-48)16-34-42(26(23-59)24-60)30-12-8-10-14-32(30)46(34)62/h7-20H,1-6H3/b33-15-,34-16-. The monoisotopic (exact) mass is 1050 g/mol. The summed E-state index contributed by atoms with van der Waals surface area (Å²) < 4.78 is 28.0. The number of rotatable bonds is 6. The van der Waals surface area contributed by atoms with Gasteiger partial charge in [0.1, 0.15) is 69.6 Å². The van der Waals surface area contributed by atoms with E-state index in [0.29, 0.717) is 56.0 Å². The maximum Gasteiger partial charge on any atom is 0.194 e. The van der Waals surface area contributed by atoms with Crippen LogP contribution in [0.2, 0.25) is 0 Å². The highest BCUT2D eigenvalue weighted by Gasteiger charge is 2.45. The summed E-state index contributed by atoms with van der Waals surface area (Å²) in [5, 5.41) is 39.5. The van der Waals surface area contributed by atoms with Gasteiger partial charge in [0.25, 0.3) is 0 Å². The van der Waals surface area contributed by atoms with Crippen molar-refractivity contribution in [1.29, 1.82) is 21.0 Å². The molecule has 2 aliphatic heterocycles. The van der Waals surface area contributed by atoms with E-state index in [9.17, 15) is 30.6 Å². The molecule has 0 spiro atoms. The molecule has 0 saturated carbocycles. The van der Waals surface area contributed by atoms with Gasteiger partial charge in [-0.15, -0.1) is 68.0 Å². The first-order chi connectivity index (χ1) is 34.7. The van der Waals surface area contributed by atoms with E-state index in [0.717, 1.165) is 80.8 Å². The second-order valence-electron chi connectivity index (χ2n) is 18.0. The zero-order valence-electron chi connectivity index (χ0n) is 38.8. The number of carbonyl (C=O) groups excluding carboxylic acids is 2. The lowest BCUT2D eigenvalue weighted by Crippen LogP contribution is -2.27. The van der Waals surface area contributed by atoms with Crippen molar-refractivity contribution >= 4 is 112 Å². The number of nitrogens with zero attached hydrogens (tertiary/aromatic N) is 4. The second kappa shape index (κ2) is 16.5. The highest BCUT2D eigenvalue weighted by atomic mass is 32.1. The third kappa shape index (κ3) is 6.62. The summed E-state index contributed by atoms with van der Waals surface area (Å²) in [5.74, 6) is 2.32. The Bertz CT molecular complexity index is 3830. The Hall–Kier alpha value is -7.64. The molecule has 0 atom stereocenters. The van der Waals surface area contributed by atoms with Gasteiger partial charge in [-0.05, 0) is 63.1 Å². The van der Waals surface area contributed by atoms with Crippen molar-refractivity contribution in [1.82, 2.24) is 0 Å². The summed E-state index contributed by atoms with van der Waals surface area (Å²) in [7, 11) is 3.23. The van der Waals surface area contributed by atoms with Gasteiger partial charge in [-0.1, -0.05) is 48.5 Å². The third-order valence-corrected chi connectivity index (χ3v) is 20.6. The number of hydrogen-bond acceptors (Lipinski definition) is 16. The number of ether oxygens (including phenoxy) is 4. The zero-order valence-corrected chi connectivity index (χ0v) is 43.7. The summed E-state index contributed by atoms with van der Waals surface area (Å²) in [6, 6.07) is 29.9. The van der Waals surface area contributed by atoms with Gasteiger partial charge in [0.05, 0.1) is 62.6 Å². The molecule has 2 aromatic carbocycles. The predicted molar refractivity (Wildman–Crippen MR) is 287 cm³/mol. The number of methoxy groups -OCH3 is 2. The van der Waals surface area contributed by atoms with Crippen LogP contribution in [0.25, 0.3) is 71.7 Å². The average molecular weight is 1050 g/mol. The lowest BCUT2D eigenvalue weighted by atomic mass is 9.92. The van der Waals surface area contributed by atoms with Gasteiger partial charge >= 0.3 is 0 Å². The topological polar surface area (TPSA) is 166 Å². The van der Waals surface area contributed by atoms with Gasteiger partial charge in [-0.2, -0.15) is 21.0 Å². The van der Waals surface area contributed by atoms with E-state index < -0.39 is 11.2 Å². The molecule has 72 heavy (non-hydrogen) atoms. The molecule has 4 aliphatic rings. The minimum atomic E-state index is -0.691. The van der Waals surface area contributed by atoms with Gasteiger partial charge in [-0.25, -0.2) is 0 Å². The molecular formula is C56H32N4O6S6. The number of fused-ring (bicyclic) bond motifs is 11. The molecule has 348 valence electrons.